The number of ether oxygens (including phenoxy) is 1. The van der Waals surface area contributed by atoms with Crippen LogP contribution in [0.2, 0.25) is 0 Å². The van der Waals surface area contributed by atoms with Crippen molar-refractivity contribution < 1.29 is 9.53 Å². The number of methoxy groups -OCH3 is 1. The van der Waals surface area contributed by atoms with Crippen LogP contribution in [0.25, 0.3) is 0 Å². The molecule has 2 rings (SSSR count). The summed E-state index contributed by atoms with van der Waals surface area (Å²) in [6, 6.07) is 0. The maximum absolute atomic E-state index is 12.6. The number of nitrogens with one attached hydrogen (secondary N) is 2. The van der Waals surface area contributed by atoms with Gasteiger partial charge >= 0.3 is 0 Å². The van der Waals surface area contributed by atoms with E-state index in [1.54, 1.807) is 7.11 Å². The molecule has 0 aliphatic carbocycles. The van der Waals surface area contributed by atoms with E-state index in [1.807, 2.05) is 0 Å². The largest absolute Gasteiger partial charge is 0.384 e. The van der Waals surface area contributed by atoms with Crippen LogP contribution in [0.15, 0.2) is 0 Å². The first-order chi connectivity index (χ1) is 11.2. The van der Waals surface area contributed by atoms with Gasteiger partial charge in [0.25, 0.3) is 0 Å². The van der Waals surface area contributed by atoms with Crippen molar-refractivity contribution in [3.63, 3.8) is 0 Å². The molecular weight excluding hydrogens is 290 g/mol. The molecule has 0 atom stereocenters. The SMILES string of the molecule is COCC1(C(=O)NCCCCN2CCC(C)CC2)CCNCC1. The first kappa shape index (κ1) is 18.7. The molecule has 2 aliphatic rings. The lowest BCUT2D eigenvalue weighted by atomic mass is 9.78. The third-order valence-corrected chi connectivity index (χ3v) is 5.53. The van der Waals surface area contributed by atoms with E-state index in [0.29, 0.717) is 6.61 Å². The highest BCUT2D eigenvalue weighted by atomic mass is 16.5. The van der Waals surface area contributed by atoms with Crippen molar-refractivity contribution in [3.8, 4) is 0 Å². The quantitative estimate of drug-likeness (QED) is 0.666. The van der Waals surface area contributed by atoms with Gasteiger partial charge in [0.05, 0.1) is 12.0 Å². The van der Waals surface area contributed by atoms with Crippen LogP contribution in [0.1, 0.15) is 45.4 Å². The Labute approximate surface area is 141 Å². The molecule has 0 aromatic carbocycles. The smallest absolute Gasteiger partial charge is 0.228 e. The van der Waals surface area contributed by atoms with E-state index in [4.69, 9.17) is 4.74 Å². The summed E-state index contributed by atoms with van der Waals surface area (Å²) in [5, 5.41) is 6.49. The summed E-state index contributed by atoms with van der Waals surface area (Å²) < 4.78 is 5.33. The highest BCUT2D eigenvalue weighted by molar-refractivity contribution is 5.82. The fourth-order valence-corrected chi connectivity index (χ4v) is 3.75. The van der Waals surface area contributed by atoms with Gasteiger partial charge < -0.3 is 20.3 Å². The van der Waals surface area contributed by atoms with Gasteiger partial charge in [-0.3, -0.25) is 4.79 Å². The van der Waals surface area contributed by atoms with Crippen LogP contribution in [-0.2, 0) is 9.53 Å². The van der Waals surface area contributed by atoms with E-state index < -0.39 is 0 Å². The van der Waals surface area contributed by atoms with E-state index in [9.17, 15) is 4.79 Å². The van der Waals surface area contributed by atoms with Gasteiger partial charge in [0.1, 0.15) is 0 Å². The maximum Gasteiger partial charge on any atom is 0.228 e. The summed E-state index contributed by atoms with van der Waals surface area (Å²) in [5.41, 5.74) is -0.316. The van der Waals surface area contributed by atoms with E-state index in [1.165, 1.54) is 38.9 Å². The van der Waals surface area contributed by atoms with Crippen molar-refractivity contribution in [1.82, 2.24) is 15.5 Å². The van der Waals surface area contributed by atoms with Crippen molar-refractivity contribution in [2.75, 3.05) is 53.0 Å². The van der Waals surface area contributed by atoms with E-state index in [0.717, 1.165) is 44.8 Å². The summed E-state index contributed by atoms with van der Waals surface area (Å²) in [6.45, 7) is 9.16. The number of piperidine rings is 2. The number of likely N-dealkylation sites (tertiary alicyclic amines) is 1. The van der Waals surface area contributed by atoms with Gasteiger partial charge in [-0.15, -0.1) is 0 Å². The fraction of sp³-hybridized carbons (Fsp3) is 0.944. The van der Waals surface area contributed by atoms with Gasteiger partial charge in [0, 0.05) is 13.7 Å². The van der Waals surface area contributed by atoms with Gasteiger partial charge in [-0.05, 0) is 77.2 Å². The predicted molar refractivity (Wildman–Crippen MR) is 93.5 cm³/mol. The summed E-state index contributed by atoms with van der Waals surface area (Å²) in [7, 11) is 1.69. The lowest BCUT2D eigenvalue weighted by Gasteiger charge is -2.35. The second-order valence-corrected chi connectivity index (χ2v) is 7.45. The number of carbonyl (C=O) groups is 1. The Kier molecular flexibility index (Phi) is 7.80. The highest BCUT2D eigenvalue weighted by Gasteiger charge is 2.39. The second-order valence-electron chi connectivity index (χ2n) is 7.45. The minimum Gasteiger partial charge on any atom is -0.384 e. The van der Waals surface area contributed by atoms with Crippen LogP contribution in [0.3, 0.4) is 0 Å². The molecule has 2 N–H and O–H groups in total. The number of hydrogen-bond acceptors (Lipinski definition) is 4. The number of rotatable bonds is 8. The van der Waals surface area contributed by atoms with Crippen LogP contribution in [-0.4, -0.2) is 63.8 Å². The van der Waals surface area contributed by atoms with E-state index in [2.05, 4.69) is 22.5 Å². The zero-order valence-corrected chi connectivity index (χ0v) is 15.0. The van der Waals surface area contributed by atoms with Crippen molar-refractivity contribution in [3.05, 3.63) is 0 Å². The summed E-state index contributed by atoms with van der Waals surface area (Å²) in [6.07, 6.45) is 6.67. The summed E-state index contributed by atoms with van der Waals surface area (Å²) in [5.74, 6) is 1.08. The topological polar surface area (TPSA) is 53.6 Å². The molecule has 0 radical (unpaired) electrons. The number of unbranched alkanes of at least 4 members (excludes halogenated alkanes) is 1. The van der Waals surface area contributed by atoms with Gasteiger partial charge in [0.2, 0.25) is 5.91 Å². The molecule has 2 fully saturated rings. The minimum absolute atomic E-state index is 0.188. The Morgan fingerprint density at radius 3 is 2.61 bits per heavy atom. The van der Waals surface area contributed by atoms with Crippen LogP contribution in [0, 0.1) is 11.3 Å². The molecule has 1 amide bonds. The predicted octanol–water partition coefficient (Wildman–Crippen LogP) is 1.63. The van der Waals surface area contributed by atoms with Crippen LogP contribution < -0.4 is 10.6 Å². The Balaban J connectivity index is 1.61. The van der Waals surface area contributed by atoms with Gasteiger partial charge in [-0.2, -0.15) is 0 Å². The molecular formula is C18H35N3O2. The van der Waals surface area contributed by atoms with Crippen LogP contribution >= 0.6 is 0 Å². The Morgan fingerprint density at radius 2 is 1.96 bits per heavy atom. The van der Waals surface area contributed by atoms with E-state index >= 15 is 0 Å². The van der Waals surface area contributed by atoms with Crippen molar-refractivity contribution in [1.29, 1.82) is 0 Å². The Hall–Kier alpha value is -0.650. The number of nitrogens with zero attached hydrogens (tertiary/aromatic N) is 1. The first-order valence-corrected chi connectivity index (χ1v) is 9.36. The molecule has 2 aliphatic heterocycles. The molecule has 0 aromatic heterocycles. The summed E-state index contributed by atoms with van der Waals surface area (Å²) >= 11 is 0. The standard InChI is InChI=1S/C18H35N3O2/c1-16-5-13-21(14-6-16)12-4-3-9-20-17(22)18(15-23-2)7-10-19-11-8-18/h16,19H,3-15H2,1-2H3,(H,20,22). The molecule has 0 unspecified atom stereocenters. The van der Waals surface area contributed by atoms with Crippen molar-refractivity contribution >= 4 is 5.91 Å². The normalized spacial score (nSPS) is 22.9. The number of carbonyl (C=O) groups excluding carboxylic acids is 1. The maximum atomic E-state index is 12.6. The number of amides is 1. The molecule has 0 spiro atoms. The molecule has 0 bridgehead atoms. The lowest BCUT2D eigenvalue weighted by molar-refractivity contribution is -0.136. The third-order valence-electron chi connectivity index (χ3n) is 5.53. The van der Waals surface area contributed by atoms with Crippen molar-refractivity contribution in [2.24, 2.45) is 11.3 Å². The molecule has 134 valence electrons. The molecule has 5 nitrogen and oxygen atoms in total. The molecule has 5 heteroatoms. The average Bonchev–Trinajstić information content (AvgIpc) is 2.57. The van der Waals surface area contributed by atoms with E-state index in [-0.39, 0.29) is 11.3 Å². The molecule has 0 aromatic rings. The van der Waals surface area contributed by atoms with Crippen molar-refractivity contribution in [2.45, 2.75) is 45.4 Å². The van der Waals surface area contributed by atoms with Gasteiger partial charge in [-0.1, -0.05) is 6.92 Å². The first-order valence-electron chi connectivity index (χ1n) is 9.36. The fourth-order valence-electron chi connectivity index (χ4n) is 3.75. The monoisotopic (exact) mass is 325 g/mol. The second kappa shape index (κ2) is 9.60. The zero-order valence-electron chi connectivity index (χ0n) is 15.0. The minimum atomic E-state index is -0.316. The Bertz CT molecular complexity index is 343. The van der Waals surface area contributed by atoms with Gasteiger partial charge in [-0.25, -0.2) is 0 Å². The Morgan fingerprint density at radius 1 is 1.26 bits per heavy atom. The van der Waals surface area contributed by atoms with Crippen LogP contribution in [0.5, 0.6) is 0 Å². The van der Waals surface area contributed by atoms with Crippen LogP contribution in [0.4, 0.5) is 0 Å². The summed E-state index contributed by atoms with van der Waals surface area (Å²) in [4.78, 5) is 15.2. The van der Waals surface area contributed by atoms with Gasteiger partial charge in [0.15, 0.2) is 0 Å². The molecule has 2 heterocycles. The molecule has 0 saturated carbocycles. The highest BCUT2D eigenvalue weighted by Crippen LogP contribution is 2.29. The third kappa shape index (κ3) is 5.73. The zero-order chi connectivity index (χ0) is 16.5. The molecule has 2 saturated heterocycles. The number of hydrogen-bond donors (Lipinski definition) is 2. The average molecular weight is 325 g/mol. The molecule has 23 heavy (non-hydrogen) atoms. The lowest BCUT2D eigenvalue weighted by Crippen LogP contribution is -2.50.